The van der Waals surface area contributed by atoms with Crippen molar-refractivity contribution in [2.24, 2.45) is 0 Å². The highest BCUT2D eigenvalue weighted by Crippen LogP contribution is 2.25. The first-order chi connectivity index (χ1) is 8.99. The van der Waals surface area contributed by atoms with Crippen LogP contribution in [0.2, 0.25) is 0 Å². The van der Waals surface area contributed by atoms with E-state index in [0.717, 1.165) is 5.56 Å². The number of amides is 1. The molecule has 0 bridgehead atoms. The van der Waals surface area contributed by atoms with Gasteiger partial charge in [0, 0.05) is 6.54 Å². The highest BCUT2D eigenvalue weighted by Gasteiger charge is 2.39. The van der Waals surface area contributed by atoms with E-state index in [2.05, 4.69) is 0 Å². The maximum atomic E-state index is 13.6. The quantitative estimate of drug-likeness (QED) is 0.893. The van der Waals surface area contributed by atoms with Crippen LogP contribution < -0.4 is 0 Å². The van der Waals surface area contributed by atoms with Crippen molar-refractivity contribution < 1.29 is 19.0 Å². The number of carbonyl (C=O) groups is 1. The molecule has 1 saturated heterocycles. The second-order valence-corrected chi connectivity index (χ2v) is 5.06. The Balaban J connectivity index is 1.84. The molecule has 1 fully saturated rings. The lowest BCUT2D eigenvalue weighted by Crippen LogP contribution is -2.53. The van der Waals surface area contributed by atoms with Crippen molar-refractivity contribution >= 4 is 6.09 Å². The predicted molar refractivity (Wildman–Crippen MR) is 68.3 cm³/mol. The minimum absolute atomic E-state index is 0.124. The second-order valence-electron chi connectivity index (χ2n) is 5.06. The van der Waals surface area contributed by atoms with Gasteiger partial charge in [-0.2, -0.15) is 0 Å². The van der Waals surface area contributed by atoms with E-state index in [-0.39, 0.29) is 19.6 Å². The third-order valence-corrected chi connectivity index (χ3v) is 3.41. The van der Waals surface area contributed by atoms with Gasteiger partial charge in [0.15, 0.2) is 0 Å². The van der Waals surface area contributed by atoms with Crippen molar-refractivity contribution in [2.45, 2.75) is 31.7 Å². The SMILES string of the molecule is C[C@@]1(O)CCN(C(=O)OCc2ccccc2)CC1F. The molecule has 1 aliphatic rings. The summed E-state index contributed by atoms with van der Waals surface area (Å²) in [6.45, 7) is 1.80. The zero-order valence-electron chi connectivity index (χ0n) is 10.9. The maximum Gasteiger partial charge on any atom is 0.410 e. The van der Waals surface area contributed by atoms with Crippen LogP contribution >= 0.6 is 0 Å². The largest absolute Gasteiger partial charge is 0.445 e. The summed E-state index contributed by atoms with van der Waals surface area (Å²) >= 11 is 0. The Labute approximate surface area is 111 Å². The molecule has 0 radical (unpaired) electrons. The van der Waals surface area contributed by atoms with Gasteiger partial charge in [0.25, 0.3) is 0 Å². The highest BCUT2D eigenvalue weighted by molar-refractivity contribution is 5.67. The molecule has 1 N–H and O–H groups in total. The summed E-state index contributed by atoms with van der Waals surface area (Å²) in [5.74, 6) is 0. The molecule has 0 spiro atoms. The number of hydrogen-bond donors (Lipinski definition) is 1. The number of nitrogens with zero attached hydrogens (tertiary/aromatic N) is 1. The van der Waals surface area contributed by atoms with Crippen LogP contribution in [0.3, 0.4) is 0 Å². The van der Waals surface area contributed by atoms with Crippen molar-refractivity contribution in [2.75, 3.05) is 13.1 Å². The average molecular weight is 267 g/mol. The number of aliphatic hydroxyl groups is 1. The van der Waals surface area contributed by atoms with Gasteiger partial charge >= 0.3 is 6.09 Å². The number of benzene rings is 1. The molecular formula is C14H18FNO3. The molecule has 1 aromatic carbocycles. The van der Waals surface area contributed by atoms with Gasteiger partial charge in [0.1, 0.15) is 12.8 Å². The van der Waals surface area contributed by atoms with Crippen LogP contribution in [-0.2, 0) is 11.3 Å². The topological polar surface area (TPSA) is 49.8 Å². The normalized spacial score (nSPS) is 27.1. The van der Waals surface area contributed by atoms with Crippen LogP contribution in [0.1, 0.15) is 18.9 Å². The third-order valence-electron chi connectivity index (χ3n) is 3.41. The fourth-order valence-corrected chi connectivity index (χ4v) is 1.98. The Kier molecular flexibility index (Phi) is 4.04. The lowest BCUT2D eigenvalue weighted by Gasteiger charge is -2.37. The average Bonchev–Trinajstić information content (AvgIpc) is 2.40. The van der Waals surface area contributed by atoms with Gasteiger partial charge < -0.3 is 14.7 Å². The molecule has 0 aromatic heterocycles. The van der Waals surface area contributed by atoms with E-state index >= 15 is 0 Å². The smallest absolute Gasteiger partial charge is 0.410 e. The first-order valence-electron chi connectivity index (χ1n) is 6.31. The van der Waals surface area contributed by atoms with Crippen LogP contribution in [-0.4, -0.2) is 41.0 Å². The van der Waals surface area contributed by atoms with Gasteiger partial charge in [-0.15, -0.1) is 0 Å². The summed E-state index contributed by atoms with van der Waals surface area (Å²) in [5, 5.41) is 9.70. The molecule has 0 saturated carbocycles. The summed E-state index contributed by atoms with van der Waals surface area (Å²) in [6, 6.07) is 9.31. The molecular weight excluding hydrogens is 249 g/mol. The zero-order chi connectivity index (χ0) is 13.9. The molecule has 1 aromatic rings. The minimum atomic E-state index is -1.44. The molecule has 1 unspecified atom stereocenters. The molecule has 4 nitrogen and oxygen atoms in total. The summed E-state index contributed by atoms with van der Waals surface area (Å²) < 4.78 is 18.8. The summed E-state index contributed by atoms with van der Waals surface area (Å²) in [7, 11) is 0. The monoisotopic (exact) mass is 267 g/mol. The van der Waals surface area contributed by atoms with E-state index in [1.807, 2.05) is 30.3 Å². The molecule has 1 amide bonds. The molecule has 1 heterocycles. The van der Waals surface area contributed by atoms with Crippen molar-refractivity contribution in [3.05, 3.63) is 35.9 Å². The first-order valence-corrected chi connectivity index (χ1v) is 6.31. The Morgan fingerprint density at radius 2 is 2.21 bits per heavy atom. The number of carbonyl (C=O) groups excluding carboxylic acids is 1. The van der Waals surface area contributed by atoms with Crippen LogP contribution in [0.15, 0.2) is 30.3 Å². The van der Waals surface area contributed by atoms with Crippen molar-refractivity contribution in [3.8, 4) is 0 Å². The molecule has 2 atom stereocenters. The van der Waals surface area contributed by atoms with Crippen LogP contribution in [0.5, 0.6) is 0 Å². The molecule has 2 rings (SSSR count). The number of halogens is 1. The van der Waals surface area contributed by atoms with E-state index in [1.54, 1.807) is 0 Å². The molecule has 1 aliphatic heterocycles. The number of rotatable bonds is 2. The third kappa shape index (κ3) is 3.44. The van der Waals surface area contributed by atoms with E-state index in [0.29, 0.717) is 6.54 Å². The Bertz CT molecular complexity index is 436. The van der Waals surface area contributed by atoms with Gasteiger partial charge in [-0.3, -0.25) is 0 Å². The number of alkyl halides is 1. The van der Waals surface area contributed by atoms with Crippen LogP contribution in [0.4, 0.5) is 9.18 Å². The summed E-state index contributed by atoms with van der Waals surface area (Å²) in [5.41, 5.74) is -0.465. The number of ether oxygens (including phenoxy) is 1. The lowest BCUT2D eigenvalue weighted by molar-refractivity contribution is -0.0682. The standard InChI is InChI=1S/C14H18FNO3/c1-14(18)7-8-16(9-12(14)15)13(17)19-10-11-5-3-2-4-6-11/h2-6,12,18H,7-10H2,1H3/t12?,14-/m1/s1. The predicted octanol–water partition coefficient (Wildman–Crippen LogP) is 2.12. The van der Waals surface area contributed by atoms with Crippen molar-refractivity contribution in [1.29, 1.82) is 0 Å². The Hall–Kier alpha value is -1.62. The number of likely N-dealkylation sites (tertiary alicyclic amines) is 1. The van der Waals surface area contributed by atoms with E-state index in [4.69, 9.17) is 4.74 Å². The minimum Gasteiger partial charge on any atom is -0.445 e. The highest BCUT2D eigenvalue weighted by atomic mass is 19.1. The van der Waals surface area contributed by atoms with Crippen molar-refractivity contribution in [3.63, 3.8) is 0 Å². The zero-order valence-corrected chi connectivity index (χ0v) is 10.9. The number of piperidine rings is 1. The Morgan fingerprint density at radius 3 is 2.84 bits per heavy atom. The van der Waals surface area contributed by atoms with E-state index in [1.165, 1.54) is 11.8 Å². The van der Waals surface area contributed by atoms with Gasteiger partial charge in [0.05, 0.1) is 12.1 Å². The van der Waals surface area contributed by atoms with Crippen molar-refractivity contribution in [1.82, 2.24) is 4.90 Å². The molecule has 5 heteroatoms. The first kappa shape index (κ1) is 13.8. The molecule has 104 valence electrons. The van der Waals surface area contributed by atoms with Gasteiger partial charge in [-0.05, 0) is 18.9 Å². The van der Waals surface area contributed by atoms with E-state index in [9.17, 15) is 14.3 Å². The second kappa shape index (κ2) is 5.57. The number of hydrogen-bond acceptors (Lipinski definition) is 3. The van der Waals surface area contributed by atoms with Gasteiger partial charge in [0.2, 0.25) is 0 Å². The van der Waals surface area contributed by atoms with Crippen LogP contribution in [0, 0.1) is 0 Å². The van der Waals surface area contributed by atoms with E-state index < -0.39 is 17.9 Å². The fourth-order valence-electron chi connectivity index (χ4n) is 1.98. The Morgan fingerprint density at radius 1 is 1.53 bits per heavy atom. The lowest BCUT2D eigenvalue weighted by atomic mass is 9.92. The van der Waals surface area contributed by atoms with Crippen LogP contribution in [0.25, 0.3) is 0 Å². The molecule has 0 aliphatic carbocycles. The summed E-state index contributed by atoms with van der Waals surface area (Å²) in [4.78, 5) is 13.1. The maximum absolute atomic E-state index is 13.6. The fraction of sp³-hybridized carbons (Fsp3) is 0.500. The van der Waals surface area contributed by atoms with Gasteiger partial charge in [-0.1, -0.05) is 30.3 Å². The summed E-state index contributed by atoms with van der Waals surface area (Å²) in [6.07, 6.45) is -1.76. The molecule has 19 heavy (non-hydrogen) atoms. The van der Waals surface area contributed by atoms with Gasteiger partial charge in [-0.25, -0.2) is 9.18 Å².